The van der Waals surface area contributed by atoms with Crippen LogP contribution in [0.25, 0.3) is 0 Å². The molecule has 1 atom stereocenters. The molecule has 0 aliphatic carbocycles. The van der Waals surface area contributed by atoms with Gasteiger partial charge in [-0.05, 0) is 64.5 Å². The molecule has 158 valence electrons. The van der Waals surface area contributed by atoms with Crippen molar-refractivity contribution in [3.63, 3.8) is 0 Å². The van der Waals surface area contributed by atoms with Crippen LogP contribution in [0.15, 0.2) is 68.3 Å². The Kier molecular flexibility index (Phi) is 6.44. The number of methoxy groups -OCH3 is 1. The molecule has 1 unspecified atom stereocenters. The van der Waals surface area contributed by atoms with E-state index in [9.17, 15) is 4.79 Å². The van der Waals surface area contributed by atoms with Crippen molar-refractivity contribution >= 4 is 27.5 Å². The summed E-state index contributed by atoms with van der Waals surface area (Å²) in [5.41, 5.74) is 1.18. The minimum absolute atomic E-state index is 0.0413. The lowest BCUT2D eigenvalue weighted by atomic mass is 10.1. The zero-order valence-electron chi connectivity index (χ0n) is 16.7. The number of hydrogen-bond acceptors (Lipinski definition) is 6. The molecule has 3 aromatic rings. The normalized spacial score (nSPS) is 15.7. The van der Waals surface area contributed by atoms with Gasteiger partial charge >= 0.3 is 0 Å². The third-order valence-electron chi connectivity index (χ3n) is 5.32. The van der Waals surface area contributed by atoms with Crippen LogP contribution in [0.1, 0.15) is 22.4 Å². The molecule has 2 aromatic heterocycles. The molecule has 0 bridgehead atoms. The Labute approximate surface area is 183 Å². The van der Waals surface area contributed by atoms with Crippen molar-refractivity contribution in [2.75, 3.05) is 44.7 Å². The van der Waals surface area contributed by atoms with Crippen molar-refractivity contribution < 1.29 is 18.4 Å². The van der Waals surface area contributed by atoms with Crippen LogP contribution < -0.4 is 15.0 Å². The van der Waals surface area contributed by atoms with E-state index in [0.29, 0.717) is 11.2 Å². The van der Waals surface area contributed by atoms with Gasteiger partial charge in [-0.1, -0.05) is 0 Å². The van der Waals surface area contributed by atoms with Gasteiger partial charge in [0.1, 0.15) is 11.5 Å². The highest BCUT2D eigenvalue weighted by molar-refractivity contribution is 9.10. The van der Waals surface area contributed by atoms with E-state index < -0.39 is 0 Å². The van der Waals surface area contributed by atoms with Crippen LogP contribution in [-0.2, 0) is 0 Å². The second-order valence-electron chi connectivity index (χ2n) is 7.07. The standard InChI is InChI=1S/C22H24BrN3O4/c1-28-17-6-4-16(5-7-17)25-10-12-26(13-11-25)18(19-3-2-14-29-19)15-24-22(27)20-8-9-21(23)30-20/h2-9,14,18H,10-13,15H2,1H3,(H,24,27). The summed E-state index contributed by atoms with van der Waals surface area (Å²) >= 11 is 3.23. The molecule has 8 heteroatoms. The number of rotatable bonds is 7. The van der Waals surface area contributed by atoms with Gasteiger partial charge in [-0.25, -0.2) is 0 Å². The van der Waals surface area contributed by atoms with E-state index in [0.717, 1.165) is 37.7 Å². The molecule has 1 amide bonds. The van der Waals surface area contributed by atoms with Gasteiger partial charge in [-0.3, -0.25) is 9.69 Å². The monoisotopic (exact) mass is 473 g/mol. The average molecular weight is 474 g/mol. The number of benzene rings is 1. The topological polar surface area (TPSA) is 71.1 Å². The van der Waals surface area contributed by atoms with Crippen LogP contribution >= 0.6 is 15.9 Å². The van der Waals surface area contributed by atoms with Crippen LogP contribution in [0.3, 0.4) is 0 Å². The quantitative estimate of drug-likeness (QED) is 0.560. The number of carbonyl (C=O) groups excluding carboxylic acids is 1. The first-order valence-electron chi connectivity index (χ1n) is 9.84. The fourth-order valence-electron chi connectivity index (χ4n) is 3.69. The summed E-state index contributed by atoms with van der Waals surface area (Å²) in [6.45, 7) is 3.94. The summed E-state index contributed by atoms with van der Waals surface area (Å²) in [5.74, 6) is 1.74. The molecular weight excluding hydrogens is 450 g/mol. The summed E-state index contributed by atoms with van der Waals surface area (Å²) in [7, 11) is 1.67. The summed E-state index contributed by atoms with van der Waals surface area (Å²) in [6, 6.07) is 15.3. The highest BCUT2D eigenvalue weighted by atomic mass is 79.9. The van der Waals surface area contributed by atoms with E-state index in [4.69, 9.17) is 13.6 Å². The van der Waals surface area contributed by atoms with Crippen molar-refractivity contribution in [2.24, 2.45) is 0 Å². The van der Waals surface area contributed by atoms with Gasteiger partial charge in [0, 0.05) is 38.4 Å². The maximum absolute atomic E-state index is 12.4. The number of furan rings is 2. The summed E-state index contributed by atoms with van der Waals surface area (Å²) in [6.07, 6.45) is 1.67. The molecule has 7 nitrogen and oxygen atoms in total. The molecule has 1 aromatic carbocycles. The molecule has 4 rings (SSSR count). The highest BCUT2D eigenvalue weighted by Gasteiger charge is 2.28. The number of ether oxygens (including phenoxy) is 1. The van der Waals surface area contributed by atoms with E-state index >= 15 is 0 Å². The Morgan fingerprint density at radius 1 is 1.13 bits per heavy atom. The lowest BCUT2D eigenvalue weighted by molar-refractivity contribution is 0.0894. The zero-order chi connectivity index (χ0) is 20.9. The van der Waals surface area contributed by atoms with Gasteiger partial charge in [0.2, 0.25) is 0 Å². The van der Waals surface area contributed by atoms with Crippen molar-refractivity contribution in [2.45, 2.75) is 6.04 Å². The lowest BCUT2D eigenvalue weighted by Gasteiger charge is -2.39. The molecule has 0 radical (unpaired) electrons. The average Bonchev–Trinajstić information content (AvgIpc) is 3.46. The highest BCUT2D eigenvalue weighted by Crippen LogP contribution is 2.25. The predicted molar refractivity (Wildman–Crippen MR) is 117 cm³/mol. The minimum atomic E-state index is -0.242. The molecule has 1 aliphatic rings. The number of piperazine rings is 1. The third kappa shape index (κ3) is 4.71. The van der Waals surface area contributed by atoms with Gasteiger partial charge in [0.25, 0.3) is 5.91 Å². The molecule has 1 aliphatic heterocycles. The van der Waals surface area contributed by atoms with E-state index in [1.165, 1.54) is 5.69 Å². The Hall–Kier alpha value is -2.71. The molecule has 1 saturated heterocycles. The van der Waals surface area contributed by atoms with E-state index in [-0.39, 0.29) is 17.7 Å². The van der Waals surface area contributed by atoms with Gasteiger partial charge in [0.05, 0.1) is 19.4 Å². The Morgan fingerprint density at radius 3 is 2.50 bits per heavy atom. The van der Waals surface area contributed by atoms with Crippen LogP contribution in [-0.4, -0.2) is 50.6 Å². The first kappa shape index (κ1) is 20.6. The number of amides is 1. The number of carbonyl (C=O) groups is 1. The third-order valence-corrected chi connectivity index (χ3v) is 5.74. The molecule has 1 fully saturated rings. The van der Waals surface area contributed by atoms with E-state index in [2.05, 4.69) is 43.2 Å². The molecule has 30 heavy (non-hydrogen) atoms. The number of nitrogens with zero attached hydrogens (tertiary/aromatic N) is 2. The smallest absolute Gasteiger partial charge is 0.287 e. The van der Waals surface area contributed by atoms with Crippen LogP contribution in [0.2, 0.25) is 0 Å². The van der Waals surface area contributed by atoms with Crippen LogP contribution in [0.4, 0.5) is 5.69 Å². The Morgan fingerprint density at radius 2 is 1.90 bits per heavy atom. The fourth-order valence-corrected chi connectivity index (χ4v) is 3.99. The lowest BCUT2D eigenvalue weighted by Crippen LogP contribution is -2.49. The predicted octanol–water partition coefficient (Wildman–Crippen LogP) is 3.94. The van der Waals surface area contributed by atoms with Crippen molar-refractivity contribution in [1.29, 1.82) is 0 Å². The maximum atomic E-state index is 12.4. The minimum Gasteiger partial charge on any atom is -0.497 e. The summed E-state index contributed by atoms with van der Waals surface area (Å²) in [4.78, 5) is 17.1. The SMILES string of the molecule is COc1ccc(N2CCN(C(CNC(=O)c3ccc(Br)o3)c3ccco3)CC2)cc1. The fraction of sp³-hybridized carbons (Fsp3) is 0.318. The van der Waals surface area contributed by atoms with Crippen LogP contribution in [0.5, 0.6) is 5.75 Å². The summed E-state index contributed by atoms with van der Waals surface area (Å²) in [5, 5.41) is 2.97. The van der Waals surface area contributed by atoms with E-state index in [1.54, 1.807) is 25.5 Å². The molecule has 0 spiro atoms. The maximum Gasteiger partial charge on any atom is 0.287 e. The molecular formula is C22H24BrN3O4. The second kappa shape index (κ2) is 9.40. The van der Waals surface area contributed by atoms with Gasteiger partial charge in [0.15, 0.2) is 10.4 Å². The van der Waals surface area contributed by atoms with E-state index in [1.807, 2.05) is 24.3 Å². The first-order chi connectivity index (χ1) is 14.6. The second-order valence-corrected chi connectivity index (χ2v) is 7.85. The number of anilines is 1. The molecule has 1 N–H and O–H groups in total. The number of halogens is 1. The number of hydrogen-bond donors (Lipinski definition) is 1. The zero-order valence-corrected chi connectivity index (χ0v) is 18.3. The summed E-state index contributed by atoms with van der Waals surface area (Å²) < 4.78 is 16.8. The number of nitrogens with one attached hydrogen (secondary N) is 1. The largest absolute Gasteiger partial charge is 0.497 e. The first-order valence-corrected chi connectivity index (χ1v) is 10.6. The molecule has 3 heterocycles. The van der Waals surface area contributed by atoms with Gasteiger partial charge < -0.3 is 23.8 Å². The van der Waals surface area contributed by atoms with Gasteiger partial charge in [-0.15, -0.1) is 0 Å². The Balaban J connectivity index is 1.39. The van der Waals surface area contributed by atoms with Gasteiger partial charge in [-0.2, -0.15) is 0 Å². The molecule has 0 saturated carbocycles. The van der Waals surface area contributed by atoms with Crippen LogP contribution in [0, 0.1) is 0 Å². The Bertz CT molecular complexity index is 947. The van der Waals surface area contributed by atoms with Crippen molar-refractivity contribution in [1.82, 2.24) is 10.2 Å². The van der Waals surface area contributed by atoms with Crippen molar-refractivity contribution in [3.8, 4) is 5.75 Å². The van der Waals surface area contributed by atoms with Crippen molar-refractivity contribution in [3.05, 3.63) is 71.0 Å².